The van der Waals surface area contributed by atoms with Crippen LogP contribution in [0, 0.1) is 5.92 Å². The molecule has 3 atom stereocenters. The van der Waals surface area contributed by atoms with Gasteiger partial charge >= 0.3 is 5.97 Å². The molecule has 0 aliphatic heterocycles. The van der Waals surface area contributed by atoms with Crippen molar-refractivity contribution in [2.45, 2.75) is 51.2 Å². The fourth-order valence-corrected chi connectivity index (χ4v) is 4.75. The number of phenols is 1. The fraction of sp³-hybridized carbons (Fsp3) is 0.387. The Balaban J connectivity index is 1.61. The molecule has 44 heavy (non-hydrogen) atoms. The summed E-state index contributed by atoms with van der Waals surface area (Å²) in [6.07, 6.45) is 2.23. The number of hydrogen-bond donors (Lipinski definition) is 7. The molecule has 3 aromatic rings. The highest BCUT2D eigenvalue weighted by molar-refractivity contribution is 5.94. The summed E-state index contributed by atoms with van der Waals surface area (Å²) in [4.78, 5) is 67.4. The standard InChI is InChI=1S/C31H40N6O7/c1-18(2)12-26(31(43)44)37(3)30(42)25(14-20-15-33-24-7-5-4-6-22(20)24)36-28(40)17-34-27(39)16-35-29(41)23(32)13-19-8-10-21(38)11-9-19/h4-11,15,18,23,25-26,33,38H,12-14,16-17,32H2,1-3H3,(H,34,39)(H,35,41)(H,36,40)(H,43,44)/t23-,25+,26-/m0/s1. The van der Waals surface area contributed by atoms with Crippen molar-refractivity contribution in [3.05, 3.63) is 65.9 Å². The predicted octanol–water partition coefficient (Wildman–Crippen LogP) is 0.661. The van der Waals surface area contributed by atoms with Crippen molar-refractivity contribution in [3.8, 4) is 5.75 Å². The third kappa shape index (κ3) is 9.56. The molecule has 236 valence electrons. The molecule has 1 aromatic heterocycles. The lowest BCUT2D eigenvalue weighted by Gasteiger charge is -2.30. The maximum Gasteiger partial charge on any atom is 0.326 e. The maximum absolute atomic E-state index is 13.6. The van der Waals surface area contributed by atoms with Gasteiger partial charge in [0.05, 0.1) is 19.1 Å². The first-order valence-corrected chi connectivity index (χ1v) is 14.3. The van der Waals surface area contributed by atoms with E-state index >= 15 is 0 Å². The van der Waals surface area contributed by atoms with Crippen molar-refractivity contribution in [1.82, 2.24) is 25.8 Å². The number of carbonyl (C=O) groups excluding carboxylic acids is 4. The number of fused-ring (bicyclic) bond motifs is 1. The Morgan fingerprint density at radius 2 is 1.59 bits per heavy atom. The molecular weight excluding hydrogens is 568 g/mol. The molecule has 13 heteroatoms. The number of hydrogen-bond acceptors (Lipinski definition) is 7. The van der Waals surface area contributed by atoms with Gasteiger partial charge in [0.25, 0.3) is 0 Å². The summed E-state index contributed by atoms with van der Waals surface area (Å²) in [7, 11) is 1.40. The summed E-state index contributed by atoms with van der Waals surface area (Å²) in [6.45, 7) is 2.80. The number of nitrogens with one attached hydrogen (secondary N) is 4. The molecule has 13 nitrogen and oxygen atoms in total. The SMILES string of the molecule is CC(C)C[C@@H](C(=O)O)N(C)C(=O)[C@@H](Cc1c[nH]c2ccccc12)NC(=O)CNC(=O)CNC(=O)[C@@H](N)Cc1ccc(O)cc1. The molecule has 0 aliphatic carbocycles. The molecule has 0 radical (unpaired) electrons. The van der Waals surface area contributed by atoms with Crippen LogP contribution in [-0.2, 0) is 36.8 Å². The van der Waals surface area contributed by atoms with Crippen LogP contribution in [0.3, 0.4) is 0 Å². The summed E-state index contributed by atoms with van der Waals surface area (Å²) in [5.74, 6) is -3.53. The molecule has 1 heterocycles. The largest absolute Gasteiger partial charge is 0.508 e. The van der Waals surface area contributed by atoms with E-state index < -0.39 is 60.8 Å². The van der Waals surface area contributed by atoms with Gasteiger partial charge in [0, 0.05) is 30.6 Å². The molecule has 0 fully saturated rings. The molecule has 0 unspecified atom stereocenters. The first-order valence-electron chi connectivity index (χ1n) is 14.3. The van der Waals surface area contributed by atoms with E-state index in [-0.39, 0.29) is 30.9 Å². The third-order valence-electron chi connectivity index (χ3n) is 7.13. The van der Waals surface area contributed by atoms with E-state index in [4.69, 9.17) is 5.73 Å². The van der Waals surface area contributed by atoms with Crippen molar-refractivity contribution in [1.29, 1.82) is 0 Å². The van der Waals surface area contributed by atoms with Gasteiger partial charge < -0.3 is 41.8 Å². The number of aromatic hydroxyl groups is 1. The average Bonchev–Trinajstić information content (AvgIpc) is 3.40. The lowest BCUT2D eigenvalue weighted by molar-refractivity contribution is -0.150. The zero-order chi connectivity index (χ0) is 32.4. The normalized spacial score (nSPS) is 13.1. The summed E-state index contributed by atoms with van der Waals surface area (Å²) in [5.41, 5.74) is 8.23. The zero-order valence-electron chi connectivity index (χ0n) is 25.0. The zero-order valence-corrected chi connectivity index (χ0v) is 25.0. The molecule has 3 rings (SSSR count). The number of carboxylic acids is 1. The Kier molecular flexibility index (Phi) is 11.9. The molecule has 0 bridgehead atoms. The first-order chi connectivity index (χ1) is 20.8. The van der Waals surface area contributed by atoms with Crippen LogP contribution in [0.15, 0.2) is 54.7 Å². The van der Waals surface area contributed by atoms with Gasteiger partial charge in [-0.1, -0.05) is 44.2 Å². The van der Waals surface area contributed by atoms with Gasteiger partial charge in [0.15, 0.2) is 0 Å². The van der Waals surface area contributed by atoms with Crippen LogP contribution in [0.5, 0.6) is 5.75 Å². The molecule has 0 aliphatic rings. The number of benzene rings is 2. The number of carbonyl (C=O) groups is 5. The Morgan fingerprint density at radius 1 is 0.932 bits per heavy atom. The highest BCUT2D eigenvalue weighted by atomic mass is 16.4. The Bertz CT molecular complexity index is 1470. The third-order valence-corrected chi connectivity index (χ3v) is 7.13. The number of aromatic amines is 1. The van der Waals surface area contributed by atoms with E-state index in [2.05, 4.69) is 20.9 Å². The molecule has 0 saturated carbocycles. The number of amides is 4. The van der Waals surface area contributed by atoms with Crippen molar-refractivity contribution in [3.63, 3.8) is 0 Å². The Hall–Kier alpha value is -4.91. The Labute approximate surface area is 255 Å². The highest BCUT2D eigenvalue weighted by Crippen LogP contribution is 2.20. The molecule has 8 N–H and O–H groups in total. The lowest BCUT2D eigenvalue weighted by atomic mass is 10.00. The van der Waals surface area contributed by atoms with Crippen LogP contribution in [0.4, 0.5) is 0 Å². The van der Waals surface area contributed by atoms with Gasteiger partial charge in [-0.15, -0.1) is 0 Å². The minimum Gasteiger partial charge on any atom is -0.508 e. The summed E-state index contributed by atoms with van der Waals surface area (Å²) < 4.78 is 0. The van der Waals surface area contributed by atoms with Crippen molar-refractivity contribution in [2.75, 3.05) is 20.1 Å². The van der Waals surface area contributed by atoms with Crippen LogP contribution < -0.4 is 21.7 Å². The van der Waals surface area contributed by atoms with E-state index in [1.54, 1.807) is 18.3 Å². The van der Waals surface area contributed by atoms with Crippen LogP contribution >= 0.6 is 0 Å². The van der Waals surface area contributed by atoms with E-state index in [0.29, 0.717) is 0 Å². The number of nitrogens with two attached hydrogens (primary N) is 1. The average molecular weight is 609 g/mol. The lowest BCUT2D eigenvalue weighted by Crippen LogP contribution is -2.55. The second kappa shape index (κ2) is 15.5. The number of para-hydroxylation sites is 1. The van der Waals surface area contributed by atoms with Crippen LogP contribution in [0.2, 0.25) is 0 Å². The van der Waals surface area contributed by atoms with Gasteiger partial charge in [0.2, 0.25) is 23.6 Å². The summed E-state index contributed by atoms with van der Waals surface area (Å²) in [5, 5.41) is 27.5. The number of aromatic nitrogens is 1. The fourth-order valence-electron chi connectivity index (χ4n) is 4.75. The van der Waals surface area contributed by atoms with E-state index in [1.807, 2.05) is 38.1 Å². The van der Waals surface area contributed by atoms with Crippen molar-refractivity contribution < 1.29 is 34.2 Å². The van der Waals surface area contributed by atoms with Crippen molar-refractivity contribution in [2.24, 2.45) is 11.7 Å². The molecule has 0 spiro atoms. The Morgan fingerprint density at radius 3 is 2.25 bits per heavy atom. The number of phenolic OH excluding ortho intramolecular Hbond substituents is 1. The second-order valence-corrected chi connectivity index (χ2v) is 11.1. The smallest absolute Gasteiger partial charge is 0.326 e. The monoisotopic (exact) mass is 608 g/mol. The molecule has 4 amide bonds. The van der Waals surface area contributed by atoms with Gasteiger partial charge in [-0.05, 0) is 48.1 Å². The van der Waals surface area contributed by atoms with E-state index in [0.717, 1.165) is 26.9 Å². The predicted molar refractivity (Wildman–Crippen MR) is 163 cm³/mol. The number of nitrogens with zero attached hydrogens (tertiary/aromatic N) is 1. The number of H-pyrrole nitrogens is 1. The first kappa shape index (κ1) is 33.6. The maximum atomic E-state index is 13.6. The van der Waals surface area contributed by atoms with Crippen LogP contribution in [0.25, 0.3) is 10.9 Å². The second-order valence-electron chi connectivity index (χ2n) is 11.1. The van der Waals surface area contributed by atoms with Gasteiger partial charge in [0.1, 0.15) is 17.8 Å². The summed E-state index contributed by atoms with van der Waals surface area (Å²) in [6, 6.07) is 10.5. The van der Waals surface area contributed by atoms with Crippen molar-refractivity contribution >= 4 is 40.5 Å². The highest BCUT2D eigenvalue weighted by Gasteiger charge is 2.33. The minimum atomic E-state index is -1.15. The van der Waals surface area contributed by atoms with Crippen LogP contribution in [-0.4, -0.2) is 88.0 Å². The number of aliphatic carboxylic acids is 1. The topological polar surface area (TPSA) is 207 Å². The number of likely N-dealkylation sites (N-methyl/N-ethyl adjacent to an activating group) is 1. The van der Waals surface area contributed by atoms with Crippen LogP contribution in [0.1, 0.15) is 31.4 Å². The van der Waals surface area contributed by atoms with E-state index in [9.17, 15) is 34.2 Å². The van der Waals surface area contributed by atoms with Gasteiger partial charge in [-0.3, -0.25) is 19.2 Å². The van der Waals surface area contributed by atoms with E-state index in [1.165, 1.54) is 19.2 Å². The minimum absolute atomic E-state index is 0.00562. The number of carboxylic acid groups (broad SMARTS) is 1. The quantitative estimate of drug-likeness (QED) is 0.130. The van der Waals surface area contributed by atoms with Gasteiger partial charge in [-0.2, -0.15) is 0 Å². The molecular formula is C31H40N6O7. The molecule has 2 aromatic carbocycles. The van der Waals surface area contributed by atoms with Gasteiger partial charge in [-0.25, -0.2) is 4.79 Å². The summed E-state index contributed by atoms with van der Waals surface area (Å²) >= 11 is 0. The molecule has 0 saturated heterocycles. The number of rotatable bonds is 15.